The number of rotatable bonds is 11. The second kappa shape index (κ2) is 12.2. The Morgan fingerprint density at radius 2 is 1.71 bits per heavy atom. The van der Waals surface area contributed by atoms with E-state index in [-0.39, 0.29) is 24.2 Å². The molecule has 2 aromatic rings. The van der Waals surface area contributed by atoms with Crippen LogP contribution < -0.4 is 14.4 Å². The van der Waals surface area contributed by atoms with Crippen molar-refractivity contribution < 1.29 is 22.7 Å². The van der Waals surface area contributed by atoms with Gasteiger partial charge in [-0.05, 0) is 50.1 Å². The molecule has 0 aliphatic carbocycles. The monoisotopic (exact) mass is 553 g/mol. The molecule has 2 aromatic carbocycles. The van der Waals surface area contributed by atoms with Crippen LogP contribution in [0, 0.1) is 0 Å². The topological polar surface area (TPSA) is 96.0 Å². The van der Waals surface area contributed by atoms with E-state index in [1.165, 1.54) is 12.0 Å². The molecule has 0 spiro atoms. The van der Waals surface area contributed by atoms with E-state index in [2.05, 4.69) is 21.2 Å². The number of carbonyl (C=O) groups is 2. The molecule has 0 fully saturated rings. The average molecular weight is 555 g/mol. The number of carbonyl (C=O) groups excluding carboxylic acids is 2. The van der Waals surface area contributed by atoms with Gasteiger partial charge in [0.15, 0.2) is 0 Å². The van der Waals surface area contributed by atoms with Gasteiger partial charge >= 0.3 is 0 Å². The van der Waals surface area contributed by atoms with Crippen LogP contribution in [0.25, 0.3) is 0 Å². The Labute approximate surface area is 210 Å². The lowest BCUT2D eigenvalue weighted by Gasteiger charge is -2.32. The van der Waals surface area contributed by atoms with Crippen molar-refractivity contribution in [2.24, 2.45) is 0 Å². The normalized spacial score (nSPS) is 13.0. The van der Waals surface area contributed by atoms with Gasteiger partial charge in [0.1, 0.15) is 18.3 Å². The molecule has 10 heteroatoms. The summed E-state index contributed by atoms with van der Waals surface area (Å²) in [7, 11) is -2.39. The molecule has 8 nitrogen and oxygen atoms in total. The van der Waals surface area contributed by atoms with Crippen molar-refractivity contribution in [3.63, 3.8) is 0 Å². The fraction of sp³-hybridized carbons (Fsp3) is 0.417. The fourth-order valence-corrected chi connectivity index (χ4v) is 4.38. The predicted octanol–water partition coefficient (Wildman–Crippen LogP) is 3.56. The third-order valence-electron chi connectivity index (χ3n) is 5.47. The third kappa shape index (κ3) is 7.46. The van der Waals surface area contributed by atoms with Gasteiger partial charge < -0.3 is 15.0 Å². The molecule has 0 unspecified atom stereocenters. The molecule has 0 saturated carbocycles. The zero-order valence-corrected chi connectivity index (χ0v) is 22.5. The molecule has 0 radical (unpaired) electrons. The highest BCUT2D eigenvalue weighted by molar-refractivity contribution is 9.10. The molecule has 0 aromatic heterocycles. The van der Waals surface area contributed by atoms with Gasteiger partial charge in [0.05, 0.1) is 19.1 Å². The van der Waals surface area contributed by atoms with Crippen LogP contribution in [0.2, 0.25) is 0 Å². The van der Waals surface area contributed by atoms with Gasteiger partial charge in [-0.3, -0.25) is 13.9 Å². The van der Waals surface area contributed by atoms with Crippen molar-refractivity contribution in [1.29, 1.82) is 0 Å². The first-order valence-corrected chi connectivity index (χ1v) is 13.6. The van der Waals surface area contributed by atoms with Crippen LogP contribution in [0.3, 0.4) is 0 Å². The largest absolute Gasteiger partial charge is 0.495 e. The molecule has 0 saturated heterocycles. The molecule has 2 rings (SSSR count). The maximum Gasteiger partial charge on any atom is 0.244 e. The minimum absolute atomic E-state index is 0.0549. The minimum Gasteiger partial charge on any atom is -0.495 e. The van der Waals surface area contributed by atoms with Crippen molar-refractivity contribution in [1.82, 2.24) is 10.2 Å². The van der Waals surface area contributed by atoms with Crippen LogP contribution in [0.4, 0.5) is 5.69 Å². The molecule has 34 heavy (non-hydrogen) atoms. The van der Waals surface area contributed by atoms with E-state index in [4.69, 9.17) is 4.74 Å². The van der Waals surface area contributed by atoms with Gasteiger partial charge in [-0.15, -0.1) is 0 Å². The summed E-state index contributed by atoms with van der Waals surface area (Å²) >= 11 is 3.39. The van der Waals surface area contributed by atoms with E-state index in [1.807, 2.05) is 38.1 Å². The van der Waals surface area contributed by atoms with E-state index in [0.717, 1.165) is 27.0 Å². The molecule has 0 aliphatic heterocycles. The third-order valence-corrected chi connectivity index (χ3v) is 7.12. The lowest BCUT2D eigenvalue weighted by Crippen LogP contribution is -2.52. The number of amides is 2. The van der Waals surface area contributed by atoms with Crippen molar-refractivity contribution in [2.75, 3.05) is 24.2 Å². The number of hydrogen-bond acceptors (Lipinski definition) is 5. The van der Waals surface area contributed by atoms with Crippen molar-refractivity contribution in [2.45, 2.75) is 45.8 Å². The zero-order valence-electron chi connectivity index (χ0n) is 20.1. The van der Waals surface area contributed by atoms with Crippen LogP contribution in [0.15, 0.2) is 53.0 Å². The van der Waals surface area contributed by atoms with E-state index < -0.39 is 28.5 Å². The second-order valence-corrected chi connectivity index (χ2v) is 10.9. The maximum absolute atomic E-state index is 13.5. The highest BCUT2D eigenvalue weighted by Gasteiger charge is 2.31. The molecule has 2 atom stereocenters. The zero-order chi connectivity index (χ0) is 25.5. The summed E-state index contributed by atoms with van der Waals surface area (Å²) in [6.45, 7) is 5.15. The lowest BCUT2D eigenvalue weighted by molar-refractivity contribution is -0.139. The number of nitrogens with zero attached hydrogens (tertiary/aromatic N) is 2. The molecule has 0 aliphatic rings. The number of para-hydroxylation sites is 2. The number of ether oxygens (including phenoxy) is 1. The Balaban J connectivity index is 2.41. The minimum atomic E-state index is -3.83. The molecule has 186 valence electrons. The van der Waals surface area contributed by atoms with Crippen LogP contribution in [-0.4, -0.2) is 57.1 Å². The summed E-state index contributed by atoms with van der Waals surface area (Å²) in [5, 5.41) is 2.90. The number of methoxy groups -OCH3 is 1. The predicted molar refractivity (Wildman–Crippen MR) is 137 cm³/mol. The Morgan fingerprint density at radius 1 is 1.09 bits per heavy atom. The van der Waals surface area contributed by atoms with E-state index in [1.54, 1.807) is 31.2 Å². The SMILES string of the molecule is CC[C@@H](C)NC(=O)[C@H](C)N(Cc1ccc(Br)cc1)C(=O)CN(c1ccccc1OC)S(C)(=O)=O. The second-order valence-electron chi connectivity index (χ2n) is 8.08. The Bertz CT molecular complexity index is 1090. The quantitative estimate of drug-likeness (QED) is 0.459. The van der Waals surface area contributed by atoms with Gasteiger partial charge in [-0.1, -0.05) is 47.1 Å². The van der Waals surface area contributed by atoms with Crippen LogP contribution in [0.1, 0.15) is 32.8 Å². The highest BCUT2D eigenvalue weighted by atomic mass is 79.9. The first-order valence-electron chi connectivity index (χ1n) is 10.9. The molecular weight excluding hydrogens is 522 g/mol. The van der Waals surface area contributed by atoms with Gasteiger partial charge in [-0.2, -0.15) is 0 Å². The number of halogens is 1. The number of sulfonamides is 1. The summed E-state index contributed by atoms with van der Waals surface area (Å²) in [6.07, 6.45) is 1.78. The molecule has 2 amide bonds. The Morgan fingerprint density at radius 3 is 2.26 bits per heavy atom. The van der Waals surface area contributed by atoms with Crippen molar-refractivity contribution in [3.8, 4) is 5.75 Å². The number of benzene rings is 2. The molecule has 1 N–H and O–H groups in total. The van der Waals surface area contributed by atoms with Gasteiger partial charge in [0.2, 0.25) is 21.8 Å². The van der Waals surface area contributed by atoms with Gasteiger partial charge in [0, 0.05) is 17.1 Å². The highest BCUT2D eigenvalue weighted by Crippen LogP contribution is 2.29. The smallest absolute Gasteiger partial charge is 0.244 e. The molecule has 0 heterocycles. The van der Waals surface area contributed by atoms with E-state index >= 15 is 0 Å². The first-order chi connectivity index (χ1) is 16.0. The fourth-order valence-electron chi connectivity index (χ4n) is 3.27. The average Bonchev–Trinajstić information content (AvgIpc) is 2.80. The number of hydrogen-bond donors (Lipinski definition) is 1. The van der Waals surface area contributed by atoms with Crippen molar-refractivity contribution >= 4 is 43.5 Å². The lowest BCUT2D eigenvalue weighted by atomic mass is 10.1. The maximum atomic E-state index is 13.5. The van der Waals surface area contributed by atoms with Gasteiger partial charge in [-0.25, -0.2) is 8.42 Å². The van der Waals surface area contributed by atoms with Gasteiger partial charge in [0.25, 0.3) is 0 Å². The van der Waals surface area contributed by atoms with Crippen molar-refractivity contribution in [3.05, 3.63) is 58.6 Å². The Kier molecular flexibility index (Phi) is 9.93. The summed E-state index contributed by atoms with van der Waals surface area (Å²) in [6, 6.07) is 13.1. The summed E-state index contributed by atoms with van der Waals surface area (Å²) in [5.41, 5.74) is 1.06. The number of nitrogens with one attached hydrogen (secondary N) is 1. The number of anilines is 1. The van der Waals surface area contributed by atoms with E-state index in [0.29, 0.717) is 5.75 Å². The standard InChI is InChI=1S/C24H32BrN3O5S/c1-6-17(2)26-24(30)18(3)27(15-19-11-13-20(25)14-12-19)23(29)16-28(34(5,31)32)21-9-7-8-10-22(21)33-4/h7-14,17-18H,6,15-16H2,1-5H3,(H,26,30)/t17-,18+/m1/s1. The first kappa shape index (κ1) is 27.7. The van der Waals surface area contributed by atoms with E-state index in [9.17, 15) is 18.0 Å². The molecule has 0 bridgehead atoms. The van der Waals surface area contributed by atoms with Crippen LogP contribution in [0.5, 0.6) is 5.75 Å². The molecular formula is C24H32BrN3O5S. The summed E-state index contributed by atoms with van der Waals surface area (Å²) in [4.78, 5) is 27.8. The summed E-state index contributed by atoms with van der Waals surface area (Å²) in [5.74, 6) is -0.489. The Hall–Kier alpha value is -2.59. The van der Waals surface area contributed by atoms with Crippen LogP contribution in [-0.2, 0) is 26.2 Å². The van der Waals surface area contributed by atoms with Crippen LogP contribution >= 0.6 is 15.9 Å². The summed E-state index contributed by atoms with van der Waals surface area (Å²) < 4.78 is 32.5.